The van der Waals surface area contributed by atoms with Crippen LogP contribution in [0, 0.1) is 5.82 Å². The third-order valence-corrected chi connectivity index (χ3v) is 3.19. The number of hydrogen-bond donors (Lipinski definition) is 1. The van der Waals surface area contributed by atoms with Crippen LogP contribution in [0.1, 0.15) is 11.1 Å². The standard InChI is InChI=1S/C15H14BrFO3/c1-19-15-6-10(8-18)2-3-14(15)20-9-11-4-12(16)7-13(17)5-11/h2-7,18H,8-9H2,1H3. The highest BCUT2D eigenvalue weighted by Gasteiger charge is 2.07. The summed E-state index contributed by atoms with van der Waals surface area (Å²) < 4.78 is 24.8. The van der Waals surface area contributed by atoms with Crippen LogP contribution < -0.4 is 9.47 Å². The number of aliphatic hydroxyl groups excluding tert-OH is 1. The summed E-state index contributed by atoms with van der Waals surface area (Å²) in [5, 5.41) is 9.07. The molecule has 0 bridgehead atoms. The summed E-state index contributed by atoms with van der Waals surface area (Å²) >= 11 is 3.24. The summed E-state index contributed by atoms with van der Waals surface area (Å²) in [5.41, 5.74) is 1.45. The zero-order chi connectivity index (χ0) is 14.5. The number of rotatable bonds is 5. The molecule has 2 rings (SSSR count). The van der Waals surface area contributed by atoms with Gasteiger partial charge in [-0.2, -0.15) is 0 Å². The van der Waals surface area contributed by atoms with E-state index in [0.717, 1.165) is 5.56 Å². The monoisotopic (exact) mass is 340 g/mol. The van der Waals surface area contributed by atoms with Gasteiger partial charge in [-0.1, -0.05) is 22.0 Å². The summed E-state index contributed by atoms with van der Waals surface area (Å²) in [5.74, 6) is 0.762. The van der Waals surface area contributed by atoms with Crippen LogP contribution in [-0.4, -0.2) is 12.2 Å². The van der Waals surface area contributed by atoms with Crippen molar-refractivity contribution in [3.05, 3.63) is 57.8 Å². The molecule has 0 saturated carbocycles. The first-order chi connectivity index (χ1) is 9.62. The fraction of sp³-hybridized carbons (Fsp3) is 0.200. The summed E-state index contributed by atoms with van der Waals surface area (Å²) in [6.45, 7) is 0.165. The largest absolute Gasteiger partial charge is 0.493 e. The predicted octanol–water partition coefficient (Wildman–Crippen LogP) is 3.67. The van der Waals surface area contributed by atoms with Crippen LogP contribution >= 0.6 is 15.9 Å². The molecular weight excluding hydrogens is 327 g/mol. The van der Waals surface area contributed by atoms with Gasteiger partial charge in [0.25, 0.3) is 0 Å². The van der Waals surface area contributed by atoms with Crippen LogP contribution in [-0.2, 0) is 13.2 Å². The molecule has 5 heteroatoms. The summed E-state index contributed by atoms with van der Waals surface area (Å²) in [7, 11) is 1.53. The van der Waals surface area contributed by atoms with Crippen LogP contribution in [0.2, 0.25) is 0 Å². The summed E-state index contributed by atoms with van der Waals surface area (Å²) in [6, 6.07) is 9.77. The fourth-order valence-corrected chi connectivity index (χ4v) is 2.30. The smallest absolute Gasteiger partial charge is 0.161 e. The molecule has 0 fully saturated rings. The zero-order valence-electron chi connectivity index (χ0n) is 10.9. The van der Waals surface area contributed by atoms with Crippen molar-refractivity contribution in [2.75, 3.05) is 7.11 Å². The first-order valence-corrected chi connectivity index (χ1v) is 6.77. The van der Waals surface area contributed by atoms with Gasteiger partial charge in [0, 0.05) is 4.47 Å². The normalized spacial score (nSPS) is 10.4. The van der Waals surface area contributed by atoms with Gasteiger partial charge >= 0.3 is 0 Å². The van der Waals surface area contributed by atoms with Crippen LogP contribution in [0.3, 0.4) is 0 Å². The molecule has 20 heavy (non-hydrogen) atoms. The van der Waals surface area contributed by atoms with Crippen molar-refractivity contribution in [2.24, 2.45) is 0 Å². The molecule has 0 aromatic heterocycles. The Balaban J connectivity index is 2.14. The Kier molecular flexibility index (Phi) is 4.98. The second-order valence-electron chi connectivity index (χ2n) is 4.21. The summed E-state index contributed by atoms with van der Waals surface area (Å²) in [6.07, 6.45) is 0. The van der Waals surface area contributed by atoms with Crippen LogP contribution in [0.4, 0.5) is 4.39 Å². The molecule has 1 N–H and O–H groups in total. The van der Waals surface area contributed by atoms with E-state index in [0.29, 0.717) is 21.5 Å². The lowest BCUT2D eigenvalue weighted by molar-refractivity contribution is 0.274. The van der Waals surface area contributed by atoms with Crippen molar-refractivity contribution in [3.63, 3.8) is 0 Å². The highest BCUT2D eigenvalue weighted by atomic mass is 79.9. The van der Waals surface area contributed by atoms with Crippen molar-refractivity contribution < 1.29 is 19.0 Å². The maximum Gasteiger partial charge on any atom is 0.161 e. The van der Waals surface area contributed by atoms with Gasteiger partial charge in [-0.3, -0.25) is 0 Å². The minimum atomic E-state index is -0.319. The highest BCUT2D eigenvalue weighted by Crippen LogP contribution is 2.29. The van der Waals surface area contributed by atoms with Crippen LogP contribution in [0.15, 0.2) is 40.9 Å². The van der Waals surface area contributed by atoms with Gasteiger partial charge in [0.2, 0.25) is 0 Å². The Morgan fingerprint density at radius 3 is 2.55 bits per heavy atom. The third-order valence-electron chi connectivity index (χ3n) is 2.73. The Bertz CT molecular complexity index is 581. The molecule has 0 saturated heterocycles. The van der Waals surface area contributed by atoms with Gasteiger partial charge < -0.3 is 14.6 Å². The number of aliphatic hydroxyl groups is 1. The number of halogens is 2. The number of ether oxygens (including phenoxy) is 2. The van der Waals surface area contributed by atoms with E-state index in [1.54, 1.807) is 24.3 Å². The zero-order valence-corrected chi connectivity index (χ0v) is 12.5. The quantitative estimate of drug-likeness (QED) is 0.902. The maximum absolute atomic E-state index is 13.3. The molecule has 0 aliphatic carbocycles. The third kappa shape index (κ3) is 3.71. The van der Waals surface area contributed by atoms with Gasteiger partial charge in [0.15, 0.2) is 11.5 Å². The minimum absolute atomic E-state index is 0.0620. The SMILES string of the molecule is COc1cc(CO)ccc1OCc1cc(F)cc(Br)c1. The first-order valence-electron chi connectivity index (χ1n) is 5.98. The van der Waals surface area contributed by atoms with Crippen molar-refractivity contribution in [1.29, 1.82) is 0 Å². The topological polar surface area (TPSA) is 38.7 Å². The molecule has 106 valence electrons. The van der Waals surface area contributed by atoms with Gasteiger partial charge in [-0.15, -0.1) is 0 Å². The van der Waals surface area contributed by atoms with E-state index in [-0.39, 0.29) is 19.0 Å². The molecule has 0 amide bonds. The van der Waals surface area contributed by atoms with Gasteiger partial charge in [0.1, 0.15) is 12.4 Å². The van der Waals surface area contributed by atoms with Gasteiger partial charge in [0.05, 0.1) is 13.7 Å². The van der Waals surface area contributed by atoms with E-state index in [9.17, 15) is 4.39 Å². The molecular formula is C15H14BrFO3. The van der Waals surface area contributed by atoms with E-state index in [2.05, 4.69) is 15.9 Å². The second-order valence-corrected chi connectivity index (χ2v) is 5.13. The molecule has 3 nitrogen and oxygen atoms in total. The minimum Gasteiger partial charge on any atom is -0.493 e. The molecule has 0 heterocycles. The van der Waals surface area contributed by atoms with Crippen molar-refractivity contribution in [3.8, 4) is 11.5 Å². The van der Waals surface area contributed by atoms with Crippen LogP contribution in [0.25, 0.3) is 0 Å². The van der Waals surface area contributed by atoms with E-state index >= 15 is 0 Å². The van der Waals surface area contributed by atoms with E-state index < -0.39 is 0 Å². The number of benzene rings is 2. The van der Waals surface area contributed by atoms with Crippen LogP contribution in [0.5, 0.6) is 11.5 Å². The lowest BCUT2D eigenvalue weighted by Gasteiger charge is -2.12. The van der Waals surface area contributed by atoms with Gasteiger partial charge in [-0.25, -0.2) is 4.39 Å². The molecule has 0 unspecified atom stereocenters. The van der Waals surface area contributed by atoms with Crippen molar-refractivity contribution in [2.45, 2.75) is 13.2 Å². The molecule has 0 aliphatic heterocycles. The first kappa shape index (κ1) is 14.8. The van der Waals surface area contributed by atoms with Gasteiger partial charge in [-0.05, 0) is 41.5 Å². The molecule has 2 aromatic rings. The maximum atomic E-state index is 13.3. The predicted molar refractivity (Wildman–Crippen MR) is 77.3 cm³/mol. The van der Waals surface area contributed by atoms with E-state index in [1.165, 1.54) is 19.2 Å². The number of hydrogen-bond acceptors (Lipinski definition) is 3. The Morgan fingerprint density at radius 2 is 1.90 bits per heavy atom. The average molecular weight is 341 g/mol. The Labute approximate surface area is 125 Å². The number of methoxy groups -OCH3 is 1. The Hall–Kier alpha value is -1.59. The second kappa shape index (κ2) is 6.72. The fourth-order valence-electron chi connectivity index (χ4n) is 1.78. The van der Waals surface area contributed by atoms with Crippen molar-refractivity contribution >= 4 is 15.9 Å². The average Bonchev–Trinajstić information content (AvgIpc) is 2.44. The molecule has 0 spiro atoms. The van der Waals surface area contributed by atoms with E-state index in [4.69, 9.17) is 14.6 Å². The molecule has 0 aliphatic rings. The molecule has 2 aromatic carbocycles. The molecule has 0 atom stereocenters. The van der Waals surface area contributed by atoms with E-state index in [1.807, 2.05) is 0 Å². The lowest BCUT2D eigenvalue weighted by atomic mass is 10.2. The van der Waals surface area contributed by atoms with Crippen molar-refractivity contribution in [1.82, 2.24) is 0 Å². The Morgan fingerprint density at radius 1 is 1.10 bits per heavy atom. The summed E-state index contributed by atoms with van der Waals surface area (Å²) in [4.78, 5) is 0. The lowest BCUT2D eigenvalue weighted by Crippen LogP contribution is -1.99. The highest BCUT2D eigenvalue weighted by molar-refractivity contribution is 9.10. The molecule has 0 radical (unpaired) electrons.